The lowest BCUT2D eigenvalue weighted by Crippen LogP contribution is -2.54. The van der Waals surface area contributed by atoms with Crippen LogP contribution in [0.15, 0.2) is 75.2 Å². The minimum atomic E-state index is -4.78. The van der Waals surface area contributed by atoms with Crippen molar-refractivity contribution < 1.29 is 37.2 Å². The van der Waals surface area contributed by atoms with Crippen LogP contribution in [0.1, 0.15) is 11.1 Å². The second-order valence-electron chi connectivity index (χ2n) is 7.66. The topological polar surface area (TPSA) is 119 Å². The number of hydrogen-bond donors (Lipinski definition) is 1. The first-order valence-corrected chi connectivity index (χ1v) is 11.9. The summed E-state index contributed by atoms with van der Waals surface area (Å²) in [5.41, 5.74) is -1.89. The summed E-state index contributed by atoms with van der Waals surface area (Å²) >= 11 is 6.47. The van der Waals surface area contributed by atoms with E-state index in [0.29, 0.717) is 22.2 Å². The molecule has 0 spiro atoms. The van der Waals surface area contributed by atoms with E-state index in [1.54, 1.807) is 12.1 Å². The highest BCUT2D eigenvalue weighted by atomic mass is 79.9. The highest BCUT2D eigenvalue weighted by Crippen LogP contribution is 2.39. The zero-order chi connectivity index (χ0) is 27.8. The van der Waals surface area contributed by atoms with Crippen molar-refractivity contribution in [3.63, 3.8) is 0 Å². The van der Waals surface area contributed by atoms with E-state index in [-0.39, 0.29) is 21.5 Å². The quantitative estimate of drug-likeness (QED) is 0.143. The highest BCUT2D eigenvalue weighted by Gasteiger charge is 2.37. The second kappa shape index (κ2) is 10.4. The molecule has 1 aliphatic rings. The Kier molecular flexibility index (Phi) is 7.37. The molecule has 0 atom stereocenters. The molecule has 1 fully saturated rings. The van der Waals surface area contributed by atoms with Crippen LogP contribution in [0.25, 0.3) is 6.08 Å². The fourth-order valence-electron chi connectivity index (χ4n) is 3.38. The summed E-state index contributed by atoms with van der Waals surface area (Å²) in [6.45, 7) is 0. The Morgan fingerprint density at radius 3 is 2.21 bits per heavy atom. The van der Waals surface area contributed by atoms with Gasteiger partial charge in [0.2, 0.25) is 5.75 Å². The number of alkyl halides is 3. The lowest BCUT2D eigenvalue weighted by Gasteiger charge is -2.26. The number of urea groups is 1. The van der Waals surface area contributed by atoms with Crippen LogP contribution >= 0.6 is 31.9 Å². The maximum Gasteiger partial charge on any atom is 0.416 e. The van der Waals surface area contributed by atoms with Gasteiger partial charge in [0.05, 0.1) is 20.6 Å². The number of nitrogens with zero attached hydrogens (tertiary/aromatic N) is 2. The number of nitrogens with one attached hydrogen (secondary N) is 1. The lowest BCUT2D eigenvalue weighted by molar-refractivity contribution is -0.385. The van der Waals surface area contributed by atoms with Crippen LogP contribution in [-0.4, -0.2) is 22.8 Å². The van der Waals surface area contributed by atoms with Crippen molar-refractivity contribution in [1.82, 2.24) is 5.32 Å². The highest BCUT2D eigenvalue weighted by molar-refractivity contribution is 9.10. The average molecular weight is 655 g/mol. The van der Waals surface area contributed by atoms with Crippen molar-refractivity contribution in [2.45, 2.75) is 6.18 Å². The zero-order valence-corrected chi connectivity index (χ0v) is 21.8. The molecule has 194 valence electrons. The van der Waals surface area contributed by atoms with Crippen LogP contribution in [0.3, 0.4) is 0 Å². The van der Waals surface area contributed by atoms with Gasteiger partial charge >= 0.3 is 17.9 Å². The molecule has 14 heteroatoms. The Hall–Kier alpha value is -4.04. The number of rotatable bonds is 5. The fraction of sp³-hybridized carbons (Fsp3) is 0.0417. The van der Waals surface area contributed by atoms with E-state index in [0.717, 1.165) is 11.0 Å². The standard InChI is InChI=1S/C24H12Br2F3N3O6/c25-14-3-5-15(6-4-14)31-22(34)16(21(33)30-23(31)35)9-12-1-7-19(17(26)10-12)38-20-8-2-13(24(27,28)29)11-18(20)32(36)37/h1-11H,(H,30,33,35)/b16-9+. The minimum Gasteiger partial charge on any atom is -0.449 e. The molecule has 4 amide bonds. The summed E-state index contributed by atoms with van der Waals surface area (Å²) in [5, 5.41) is 13.4. The number of imide groups is 2. The van der Waals surface area contributed by atoms with Gasteiger partial charge in [0.1, 0.15) is 11.3 Å². The maximum atomic E-state index is 13.0. The largest absolute Gasteiger partial charge is 0.449 e. The van der Waals surface area contributed by atoms with Gasteiger partial charge in [-0.15, -0.1) is 0 Å². The third-order valence-corrected chi connectivity index (χ3v) is 6.30. The predicted molar refractivity (Wildman–Crippen MR) is 135 cm³/mol. The van der Waals surface area contributed by atoms with E-state index in [1.165, 1.54) is 36.4 Å². The molecule has 0 unspecified atom stereocenters. The first-order chi connectivity index (χ1) is 17.8. The predicted octanol–water partition coefficient (Wildman–Crippen LogP) is 6.60. The van der Waals surface area contributed by atoms with Gasteiger partial charge in [-0.25, -0.2) is 9.69 Å². The van der Waals surface area contributed by atoms with Crippen molar-refractivity contribution in [2.24, 2.45) is 0 Å². The first-order valence-electron chi connectivity index (χ1n) is 10.3. The van der Waals surface area contributed by atoms with Gasteiger partial charge in [-0.3, -0.25) is 25.0 Å². The number of halogens is 5. The monoisotopic (exact) mass is 653 g/mol. The molecule has 3 aromatic carbocycles. The molecule has 0 bridgehead atoms. The van der Waals surface area contributed by atoms with E-state index < -0.39 is 45.9 Å². The zero-order valence-electron chi connectivity index (χ0n) is 18.6. The smallest absolute Gasteiger partial charge is 0.416 e. The van der Waals surface area contributed by atoms with E-state index >= 15 is 0 Å². The summed E-state index contributed by atoms with van der Waals surface area (Å²) in [7, 11) is 0. The van der Waals surface area contributed by atoms with Gasteiger partial charge in [0, 0.05) is 10.5 Å². The van der Waals surface area contributed by atoms with Gasteiger partial charge in [-0.05, 0) is 76.1 Å². The molecule has 4 rings (SSSR count). The average Bonchev–Trinajstić information content (AvgIpc) is 2.84. The van der Waals surface area contributed by atoms with Gasteiger partial charge in [-0.2, -0.15) is 13.2 Å². The molecule has 0 radical (unpaired) electrons. The summed E-state index contributed by atoms with van der Waals surface area (Å²) in [6.07, 6.45) is -3.55. The minimum absolute atomic E-state index is 0.0149. The summed E-state index contributed by atoms with van der Waals surface area (Å²) < 4.78 is 45.3. The van der Waals surface area contributed by atoms with Crippen LogP contribution in [0.4, 0.5) is 29.3 Å². The maximum absolute atomic E-state index is 13.0. The Labute approximate surface area is 228 Å². The number of nitro groups is 1. The SMILES string of the molecule is O=C1NC(=O)N(c2ccc(Br)cc2)C(=O)/C1=C/c1ccc(Oc2ccc(C(F)(F)F)cc2[N+](=O)[O-])c(Br)c1. The van der Waals surface area contributed by atoms with E-state index in [1.807, 2.05) is 0 Å². The lowest BCUT2D eigenvalue weighted by atomic mass is 10.1. The van der Waals surface area contributed by atoms with Crippen molar-refractivity contribution in [3.05, 3.63) is 96.4 Å². The molecule has 38 heavy (non-hydrogen) atoms. The molecule has 0 aliphatic carbocycles. The first kappa shape index (κ1) is 27.0. The Morgan fingerprint density at radius 2 is 1.61 bits per heavy atom. The number of anilines is 1. The molecular weight excluding hydrogens is 643 g/mol. The molecule has 1 aliphatic heterocycles. The van der Waals surface area contributed by atoms with Crippen LogP contribution in [0.5, 0.6) is 11.5 Å². The van der Waals surface area contributed by atoms with E-state index in [4.69, 9.17) is 4.74 Å². The van der Waals surface area contributed by atoms with E-state index in [9.17, 15) is 37.7 Å². The molecule has 9 nitrogen and oxygen atoms in total. The number of amides is 4. The molecule has 3 aromatic rings. The van der Waals surface area contributed by atoms with Crippen molar-refractivity contribution >= 4 is 67.2 Å². The Bertz CT molecular complexity index is 1520. The molecule has 1 N–H and O–H groups in total. The van der Waals surface area contributed by atoms with Crippen LogP contribution < -0.4 is 15.0 Å². The van der Waals surface area contributed by atoms with Gasteiger partial charge in [0.25, 0.3) is 11.8 Å². The van der Waals surface area contributed by atoms with Crippen molar-refractivity contribution in [3.8, 4) is 11.5 Å². The van der Waals surface area contributed by atoms with Gasteiger partial charge in [0.15, 0.2) is 0 Å². The van der Waals surface area contributed by atoms with Crippen LogP contribution in [-0.2, 0) is 15.8 Å². The molecular formula is C24H12Br2F3N3O6. The number of carbonyl (C=O) groups excluding carboxylic acids is 3. The molecule has 1 heterocycles. The van der Waals surface area contributed by atoms with Crippen LogP contribution in [0.2, 0.25) is 0 Å². The number of benzene rings is 3. The summed E-state index contributed by atoms with van der Waals surface area (Å²) in [4.78, 5) is 48.9. The fourth-order valence-corrected chi connectivity index (χ4v) is 4.12. The van der Waals surface area contributed by atoms with Gasteiger partial charge < -0.3 is 4.74 Å². The van der Waals surface area contributed by atoms with Crippen molar-refractivity contribution in [1.29, 1.82) is 0 Å². The third-order valence-electron chi connectivity index (χ3n) is 5.16. The second-order valence-corrected chi connectivity index (χ2v) is 9.43. The Balaban J connectivity index is 1.63. The molecule has 1 saturated heterocycles. The van der Waals surface area contributed by atoms with Crippen molar-refractivity contribution in [2.75, 3.05) is 4.90 Å². The molecule has 0 aromatic heterocycles. The summed E-state index contributed by atoms with van der Waals surface area (Å²) in [6, 6.07) is 11.4. The summed E-state index contributed by atoms with van der Waals surface area (Å²) in [5.74, 6) is -2.19. The number of barbiturate groups is 1. The van der Waals surface area contributed by atoms with Crippen LogP contribution in [0, 0.1) is 10.1 Å². The molecule has 0 saturated carbocycles. The number of ether oxygens (including phenoxy) is 1. The third kappa shape index (κ3) is 5.60. The normalized spacial score (nSPS) is 15.0. The van der Waals surface area contributed by atoms with Gasteiger partial charge in [-0.1, -0.05) is 22.0 Å². The number of carbonyl (C=O) groups is 3. The number of hydrogen-bond acceptors (Lipinski definition) is 6. The number of nitro benzene ring substituents is 1. The van der Waals surface area contributed by atoms with E-state index in [2.05, 4.69) is 37.2 Å². The Morgan fingerprint density at radius 1 is 0.947 bits per heavy atom.